The standard InChI is InChI=1S/C20H26N6O7S/c1-11(2)9-25-17(21)16(19(29)23-20(25)30)24(6-7-33-3)15(27)10-34-14-5-4-12(18(22)28)8-13(14)26(31)32/h4-5,8,11H,6-7,9-10,21H2,1-3H3,(H2,22,28)(H,23,29,30). The Morgan fingerprint density at radius 2 is 2.00 bits per heavy atom. The Morgan fingerprint density at radius 3 is 2.56 bits per heavy atom. The summed E-state index contributed by atoms with van der Waals surface area (Å²) < 4.78 is 6.21. The monoisotopic (exact) mass is 494 g/mol. The number of nitrogen functional groups attached to an aromatic ring is 1. The zero-order valence-corrected chi connectivity index (χ0v) is 19.7. The van der Waals surface area contributed by atoms with Gasteiger partial charge in [0, 0.05) is 31.8 Å². The molecule has 184 valence electrons. The molecule has 14 heteroatoms. The topological polar surface area (TPSA) is 197 Å². The molecule has 0 saturated carbocycles. The maximum atomic E-state index is 13.1. The maximum absolute atomic E-state index is 13.1. The molecule has 0 unspecified atom stereocenters. The number of rotatable bonds is 11. The molecule has 1 aromatic heterocycles. The quantitative estimate of drug-likeness (QED) is 0.227. The lowest BCUT2D eigenvalue weighted by molar-refractivity contribution is -0.387. The summed E-state index contributed by atoms with van der Waals surface area (Å²) in [7, 11) is 1.41. The Morgan fingerprint density at radius 1 is 1.32 bits per heavy atom. The SMILES string of the molecule is COCCN(C(=O)CSc1ccc(C(N)=O)cc1[N+](=O)[O-])c1c(N)n(CC(C)C)c(=O)[nH]c1=O. The van der Waals surface area contributed by atoms with Crippen LogP contribution in [0, 0.1) is 16.0 Å². The number of aromatic amines is 1. The summed E-state index contributed by atoms with van der Waals surface area (Å²) in [6.07, 6.45) is 0. The molecule has 5 N–H and O–H groups in total. The molecule has 1 heterocycles. The van der Waals surface area contributed by atoms with Crippen molar-refractivity contribution in [3.8, 4) is 0 Å². The Hall–Kier alpha value is -3.65. The van der Waals surface area contributed by atoms with Crippen molar-refractivity contribution in [3.63, 3.8) is 0 Å². The molecule has 0 radical (unpaired) electrons. The van der Waals surface area contributed by atoms with Crippen molar-refractivity contribution in [1.29, 1.82) is 0 Å². The molecule has 34 heavy (non-hydrogen) atoms. The molecule has 2 amide bonds. The first-order chi connectivity index (χ1) is 16.0. The number of anilines is 2. The van der Waals surface area contributed by atoms with Crippen LogP contribution in [0.25, 0.3) is 0 Å². The molecule has 0 aliphatic carbocycles. The largest absolute Gasteiger partial charge is 0.383 e. The fraction of sp³-hybridized carbons (Fsp3) is 0.400. The van der Waals surface area contributed by atoms with E-state index in [9.17, 15) is 29.3 Å². The second kappa shape index (κ2) is 11.5. The summed E-state index contributed by atoms with van der Waals surface area (Å²) in [5.41, 5.74) is 9.13. The number of nitro groups is 1. The van der Waals surface area contributed by atoms with Crippen molar-refractivity contribution in [2.24, 2.45) is 11.7 Å². The number of nitrogens with one attached hydrogen (secondary N) is 1. The average molecular weight is 495 g/mol. The van der Waals surface area contributed by atoms with Crippen LogP contribution < -0.4 is 27.6 Å². The minimum Gasteiger partial charge on any atom is -0.383 e. The highest BCUT2D eigenvalue weighted by atomic mass is 32.2. The van der Waals surface area contributed by atoms with E-state index >= 15 is 0 Å². The number of hydrogen-bond acceptors (Lipinski definition) is 9. The van der Waals surface area contributed by atoms with Gasteiger partial charge in [-0.05, 0) is 18.1 Å². The minimum absolute atomic E-state index is 0.0290. The number of hydrogen-bond donors (Lipinski definition) is 3. The van der Waals surface area contributed by atoms with Crippen molar-refractivity contribution < 1.29 is 19.2 Å². The van der Waals surface area contributed by atoms with Gasteiger partial charge in [0.05, 0.1) is 22.2 Å². The van der Waals surface area contributed by atoms with Crippen LogP contribution in [-0.4, -0.2) is 52.3 Å². The highest BCUT2D eigenvalue weighted by Crippen LogP contribution is 2.31. The number of nitrogens with two attached hydrogens (primary N) is 2. The Bertz CT molecular complexity index is 1210. The molecule has 0 aliphatic heterocycles. The number of carbonyl (C=O) groups is 2. The van der Waals surface area contributed by atoms with E-state index in [0.29, 0.717) is 0 Å². The number of H-pyrrole nitrogens is 1. The van der Waals surface area contributed by atoms with Crippen molar-refractivity contribution in [3.05, 3.63) is 54.7 Å². The van der Waals surface area contributed by atoms with Crippen molar-refractivity contribution in [2.45, 2.75) is 25.3 Å². The zero-order valence-electron chi connectivity index (χ0n) is 18.9. The Kier molecular flexibility index (Phi) is 8.97. The molecule has 2 aromatic rings. The number of methoxy groups -OCH3 is 1. The van der Waals surface area contributed by atoms with Gasteiger partial charge in [-0.15, -0.1) is 11.8 Å². The second-order valence-electron chi connectivity index (χ2n) is 7.63. The van der Waals surface area contributed by atoms with Crippen LogP contribution in [0.1, 0.15) is 24.2 Å². The number of carbonyl (C=O) groups excluding carboxylic acids is 2. The molecule has 1 aromatic carbocycles. The number of nitrogens with zero attached hydrogens (tertiary/aromatic N) is 3. The van der Waals surface area contributed by atoms with Crippen LogP contribution in [0.2, 0.25) is 0 Å². The van der Waals surface area contributed by atoms with Crippen LogP contribution in [0.3, 0.4) is 0 Å². The van der Waals surface area contributed by atoms with Gasteiger partial charge in [0.15, 0.2) is 5.69 Å². The van der Waals surface area contributed by atoms with Gasteiger partial charge in [0.25, 0.3) is 11.2 Å². The van der Waals surface area contributed by atoms with Gasteiger partial charge in [-0.3, -0.25) is 34.0 Å². The van der Waals surface area contributed by atoms with E-state index in [-0.39, 0.29) is 59.0 Å². The number of thioether (sulfide) groups is 1. The molecule has 0 spiro atoms. The summed E-state index contributed by atoms with van der Waals surface area (Å²) >= 11 is 0.843. The Balaban J connectivity index is 2.42. The van der Waals surface area contributed by atoms with Crippen molar-refractivity contribution in [2.75, 3.05) is 36.6 Å². The number of amides is 2. The van der Waals surface area contributed by atoms with Gasteiger partial charge in [0.1, 0.15) is 5.82 Å². The molecular weight excluding hydrogens is 468 g/mol. The van der Waals surface area contributed by atoms with Crippen LogP contribution in [0.15, 0.2) is 32.7 Å². The van der Waals surface area contributed by atoms with Crippen LogP contribution in [-0.2, 0) is 16.1 Å². The summed E-state index contributed by atoms with van der Waals surface area (Å²) in [4.78, 5) is 63.4. The van der Waals surface area contributed by atoms with Gasteiger partial charge >= 0.3 is 5.69 Å². The second-order valence-corrected chi connectivity index (χ2v) is 8.65. The predicted octanol–water partition coefficient (Wildman–Crippen LogP) is 0.554. The maximum Gasteiger partial charge on any atom is 0.330 e. The van der Waals surface area contributed by atoms with E-state index in [4.69, 9.17) is 16.2 Å². The molecule has 0 bridgehead atoms. The predicted molar refractivity (Wildman–Crippen MR) is 127 cm³/mol. The van der Waals surface area contributed by atoms with Crippen LogP contribution >= 0.6 is 11.8 Å². The van der Waals surface area contributed by atoms with E-state index < -0.39 is 28.0 Å². The Labute approximate surface area is 198 Å². The third-order valence-electron chi connectivity index (χ3n) is 4.64. The van der Waals surface area contributed by atoms with Gasteiger partial charge in [-0.1, -0.05) is 13.8 Å². The van der Waals surface area contributed by atoms with E-state index in [2.05, 4.69) is 4.98 Å². The number of primary amides is 1. The van der Waals surface area contributed by atoms with E-state index in [1.165, 1.54) is 23.8 Å². The van der Waals surface area contributed by atoms with E-state index in [1.54, 1.807) is 0 Å². The van der Waals surface area contributed by atoms with E-state index in [0.717, 1.165) is 22.7 Å². The lowest BCUT2D eigenvalue weighted by Gasteiger charge is -2.24. The fourth-order valence-corrected chi connectivity index (χ4v) is 3.96. The first-order valence-corrected chi connectivity index (χ1v) is 11.1. The normalized spacial score (nSPS) is 10.9. The van der Waals surface area contributed by atoms with Crippen LogP contribution in [0.4, 0.5) is 17.2 Å². The van der Waals surface area contributed by atoms with Gasteiger partial charge in [-0.25, -0.2) is 4.79 Å². The van der Waals surface area contributed by atoms with E-state index in [1.807, 2.05) is 13.8 Å². The zero-order chi connectivity index (χ0) is 25.6. The number of aromatic nitrogens is 2. The summed E-state index contributed by atoms with van der Waals surface area (Å²) in [5, 5.41) is 11.4. The number of benzene rings is 1. The molecular formula is C20H26N6O7S. The lowest BCUT2D eigenvalue weighted by Crippen LogP contribution is -2.43. The third kappa shape index (κ3) is 6.23. The first-order valence-electron chi connectivity index (χ1n) is 10.1. The van der Waals surface area contributed by atoms with Gasteiger partial charge in [0.2, 0.25) is 11.8 Å². The average Bonchev–Trinajstić information content (AvgIpc) is 2.76. The highest BCUT2D eigenvalue weighted by molar-refractivity contribution is 8.00. The summed E-state index contributed by atoms with van der Waals surface area (Å²) in [6.45, 7) is 3.95. The van der Waals surface area contributed by atoms with Gasteiger partial charge < -0.3 is 21.1 Å². The van der Waals surface area contributed by atoms with Crippen molar-refractivity contribution >= 4 is 40.8 Å². The molecule has 0 aliphatic rings. The molecule has 13 nitrogen and oxygen atoms in total. The number of nitro benzene ring substituents is 1. The third-order valence-corrected chi connectivity index (χ3v) is 5.69. The molecule has 2 rings (SSSR count). The lowest BCUT2D eigenvalue weighted by atomic mass is 10.2. The van der Waals surface area contributed by atoms with Crippen molar-refractivity contribution in [1.82, 2.24) is 9.55 Å². The molecule has 0 atom stereocenters. The minimum atomic E-state index is -0.839. The summed E-state index contributed by atoms with van der Waals surface area (Å²) in [6, 6.07) is 3.66. The first kappa shape index (κ1) is 26.6. The van der Waals surface area contributed by atoms with Crippen LogP contribution in [0.5, 0.6) is 0 Å². The number of ether oxygens (including phenoxy) is 1. The smallest absolute Gasteiger partial charge is 0.330 e. The highest BCUT2D eigenvalue weighted by Gasteiger charge is 2.26. The summed E-state index contributed by atoms with van der Waals surface area (Å²) in [5.74, 6) is -1.87. The molecule has 0 fully saturated rings. The fourth-order valence-electron chi connectivity index (χ4n) is 3.08. The van der Waals surface area contributed by atoms with Gasteiger partial charge in [-0.2, -0.15) is 0 Å². The molecule has 0 saturated heterocycles.